The summed E-state index contributed by atoms with van der Waals surface area (Å²) in [5.41, 5.74) is -1.63. The monoisotopic (exact) mass is 319 g/mol. The molecular weight excluding hydrogens is 302 g/mol. The fourth-order valence-corrected chi connectivity index (χ4v) is 2.00. The number of benzene rings is 1. The number of fused-ring (bicyclic) bond motifs is 1. The first-order chi connectivity index (χ1) is 10.6. The predicted octanol–water partition coefficient (Wildman–Crippen LogP) is 2.86. The van der Waals surface area contributed by atoms with Crippen molar-refractivity contribution in [3.63, 3.8) is 0 Å². The average Bonchev–Trinajstić information content (AvgIpc) is 2.44. The van der Waals surface area contributed by atoms with Gasteiger partial charge in [-0.3, -0.25) is 9.69 Å². The fourth-order valence-electron chi connectivity index (χ4n) is 2.00. The van der Waals surface area contributed by atoms with Gasteiger partial charge >= 0.3 is 12.1 Å². The van der Waals surface area contributed by atoms with Gasteiger partial charge in [-0.15, -0.1) is 0 Å². The van der Waals surface area contributed by atoms with Crippen LogP contribution in [0.15, 0.2) is 33.5 Å². The molecule has 7 nitrogen and oxygen atoms in total. The Labute approximate surface area is 132 Å². The molecule has 1 heterocycles. The number of ether oxygens (including phenoxy) is 1. The van der Waals surface area contributed by atoms with Crippen LogP contribution < -0.4 is 10.3 Å². The highest BCUT2D eigenvalue weighted by atomic mass is 16.6. The van der Waals surface area contributed by atoms with Gasteiger partial charge < -0.3 is 14.3 Å². The van der Waals surface area contributed by atoms with E-state index in [4.69, 9.17) is 9.15 Å². The minimum absolute atomic E-state index is 0.135. The van der Waals surface area contributed by atoms with Crippen LogP contribution in [0, 0.1) is 0 Å². The molecule has 0 fully saturated rings. The van der Waals surface area contributed by atoms with Crippen LogP contribution in [0.3, 0.4) is 0 Å². The number of aromatic carboxylic acids is 1. The number of para-hydroxylation sites is 1. The first kappa shape index (κ1) is 16.5. The van der Waals surface area contributed by atoms with E-state index < -0.39 is 28.9 Å². The molecule has 0 saturated carbocycles. The van der Waals surface area contributed by atoms with Gasteiger partial charge in [0.05, 0.1) is 5.39 Å². The number of carbonyl (C=O) groups is 2. The van der Waals surface area contributed by atoms with Gasteiger partial charge in [-0.1, -0.05) is 12.1 Å². The second kappa shape index (κ2) is 5.75. The van der Waals surface area contributed by atoms with Crippen LogP contribution in [0.25, 0.3) is 11.0 Å². The first-order valence-electron chi connectivity index (χ1n) is 6.87. The van der Waals surface area contributed by atoms with Crippen molar-refractivity contribution in [1.82, 2.24) is 0 Å². The summed E-state index contributed by atoms with van der Waals surface area (Å²) in [6.07, 6.45) is -0.845. The molecule has 122 valence electrons. The van der Waals surface area contributed by atoms with E-state index in [2.05, 4.69) is 0 Å². The molecule has 1 aromatic heterocycles. The van der Waals surface area contributed by atoms with Gasteiger partial charge in [0.25, 0.3) is 0 Å². The molecule has 1 aromatic carbocycles. The third-order valence-electron chi connectivity index (χ3n) is 2.97. The number of carboxylic acids is 1. The Kier molecular flexibility index (Phi) is 4.14. The normalized spacial score (nSPS) is 11.3. The van der Waals surface area contributed by atoms with Crippen LogP contribution >= 0.6 is 0 Å². The maximum atomic E-state index is 12.6. The number of anilines is 1. The van der Waals surface area contributed by atoms with Gasteiger partial charge in [-0.2, -0.15) is 0 Å². The SMILES string of the molecule is CN(C(=O)OC(C)(C)C)c1c(C(=O)O)oc2ccccc2c1=O. The van der Waals surface area contributed by atoms with Gasteiger partial charge in [-0.05, 0) is 32.9 Å². The van der Waals surface area contributed by atoms with E-state index in [1.807, 2.05) is 0 Å². The second-order valence-electron chi connectivity index (χ2n) is 5.95. The van der Waals surface area contributed by atoms with E-state index in [0.717, 1.165) is 4.90 Å². The van der Waals surface area contributed by atoms with Crippen molar-refractivity contribution in [2.45, 2.75) is 26.4 Å². The standard InChI is InChI=1S/C16H17NO6/c1-16(2,3)23-15(21)17(4)11-12(18)9-7-5-6-8-10(9)22-13(11)14(19)20/h5-8H,1-4H3,(H,19,20). The van der Waals surface area contributed by atoms with Gasteiger partial charge in [-0.25, -0.2) is 9.59 Å². The lowest BCUT2D eigenvalue weighted by atomic mass is 10.2. The Bertz CT molecular complexity index is 831. The molecule has 0 aliphatic carbocycles. The first-order valence-corrected chi connectivity index (χ1v) is 6.87. The molecule has 0 spiro atoms. The van der Waals surface area contributed by atoms with Gasteiger partial charge in [0.15, 0.2) is 0 Å². The van der Waals surface area contributed by atoms with E-state index >= 15 is 0 Å². The smallest absolute Gasteiger partial charge is 0.414 e. The number of carboxylic acid groups (broad SMARTS) is 1. The highest BCUT2D eigenvalue weighted by Crippen LogP contribution is 2.23. The van der Waals surface area contributed by atoms with Gasteiger partial charge in [0.2, 0.25) is 11.2 Å². The Balaban J connectivity index is 2.65. The maximum Gasteiger partial charge on any atom is 0.414 e. The maximum absolute atomic E-state index is 12.6. The lowest BCUT2D eigenvalue weighted by molar-refractivity contribution is 0.0587. The largest absolute Gasteiger partial charge is 0.475 e. The van der Waals surface area contributed by atoms with Crippen LogP contribution in [-0.2, 0) is 4.74 Å². The molecule has 7 heteroatoms. The Hall–Kier alpha value is -2.83. The molecule has 0 aliphatic rings. The minimum Gasteiger partial charge on any atom is -0.475 e. The quantitative estimate of drug-likeness (QED) is 0.914. The van der Waals surface area contributed by atoms with Crippen LogP contribution in [0.4, 0.5) is 10.5 Å². The molecule has 1 N–H and O–H groups in total. The summed E-state index contributed by atoms with van der Waals surface area (Å²) in [6.45, 7) is 5.00. The molecule has 23 heavy (non-hydrogen) atoms. The van der Waals surface area contributed by atoms with Crippen molar-refractivity contribution < 1.29 is 23.8 Å². The number of hydrogen-bond donors (Lipinski definition) is 1. The molecule has 0 radical (unpaired) electrons. The fraction of sp³-hybridized carbons (Fsp3) is 0.312. The van der Waals surface area contributed by atoms with Crippen molar-refractivity contribution in [2.24, 2.45) is 0 Å². The van der Waals surface area contributed by atoms with Crippen LogP contribution in [0.5, 0.6) is 0 Å². The summed E-state index contributed by atoms with van der Waals surface area (Å²) >= 11 is 0. The molecular formula is C16H17NO6. The number of carbonyl (C=O) groups excluding carboxylic acids is 1. The third-order valence-corrected chi connectivity index (χ3v) is 2.97. The van der Waals surface area contributed by atoms with Crippen molar-refractivity contribution in [3.05, 3.63) is 40.2 Å². The summed E-state index contributed by atoms with van der Waals surface area (Å²) in [6, 6.07) is 6.23. The van der Waals surface area contributed by atoms with Crippen LogP contribution in [0.1, 0.15) is 31.3 Å². The second-order valence-corrected chi connectivity index (χ2v) is 5.95. The summed E-state index contributed by atoms with van der Waals surface area (Å²) in [7, 11) is 1.27. The highest BCUT2D eigenvalue weighted by Gasteiger charge is 2.29. The Morgan fingerprint density at radius 1 is 1.22 bits per heavy atom. The number of rotatable bonds is 2. The van der Waals surface area contributed by atoms with E-state index in [9.17, 15) is 19.5 Å². The predicted molar refractivity (Wildman–Crippen MR) is 84.1 cm³/mol. The molecule has 2 rings (SSSR count). The molecule has 0 aliphatic heterocycles. The Morgan fingerprint density at radius 3 is 2.39 bits per heavy atom. The molecule has 0 unspecified atom stereocenters. The summed E-state index contributed by atoms with van der Waals surface area (Å²) in [5.74, 6) is -2.06. The average molecular weight is 319 g/mol. The topological polar surface area (TPSA) is 97.1 Å². The van der Waals surface area contributed by atoms with Crippen molar-refractivity contribution in [1.29, 1.82) is 0 Å². The van der Waals surface area contributed by atoms with Crippen molar-refractivity contribution in [3.8, 4) is 0 Å². The van der Waals surface area contributed by atoms with E-state index in [-0.39, 0.29) is 16.7 Å². The third kappa shape index (κ3) is 3.33. The molecule has 0 bridgehead atoms. The van der Waals surface area contributed by atoms with Crippen LogP contribution in [0.2, 0.25) is 0 Å². The van der Waals surface area contributed by atoms with E-state index in [0.29, 0.717) is 0 Å². The summed E-state index contributed by atoms with van der Waals surface area (Å²) in [4.78, 5) is 37.0. The summed E-state index contributed by atoms with van der Waals surface area (Å²) in [5, 5.41) is 9.48. The van der Waals surface area contributed by atoms with E-state index in [1.54, 1.807) is 32.9 Å². The number of amides is 1. The van der Waals surface area contributed by atoms with Gasteiger partial charge in [0.1, 0.15) is 16.9 Å². The van der Waals surface area contributed by atoms with E-state index in [1.165, 1.54) is 19.2 Å². The zero-order valence-electron chi connectivity index (χ0n) is 13.2. The Morgan fingerprint density at radius 2 is 1.83 bits per heavy atom. The summed E-state index contributed by atoms with van der Waals surface area (Å²) < 4.78 is 10.5. The zero-order chi connectivity index (χ0) is 17.4. The minimum atomic E-state index is -1.45. The van der Waals surface area contributed by atoms with Crippen molar-refractivity contribution in [2.75, 3.05) is 11.9 Å². The molecule has 2 aromatic rings. The van der Waals surface area contributed by atoms with Crippen molar-refractivity contribution >= 4 is 28.7 Å². The number of hydrogen-bond acceptors (Lipinski definition) is 5. The van der Waals surface area contributed by atoms with Gasteiger partial charge in [0, 0.05) is 7.05 Å². The lowest BCUT2D eigenvalue weighted by Crippen LogP contribution is -2.37. The number of nitrogens with zero attached hydrogens (tertiary/aromatic N) is 1. The lowest BCUT2D eigenvalue weighted by Gasteiger charge is -2.24. The molecule has 1 amide bonds. The van der Waals surface area contributed by atoms with Crippen LogP contribution in [-0.4, -0.2) is 29.8 Å². The highest BCUT2D eigenvalue weighted by molar-refractivity contribution is 6.00. The zero-order valence-corrected chi connectivity index (χ0v) is 13.2. The molecule has 0 atom stereocenters. The molecule has 0 saturated heterocycles.